The smallest absolute Gasteiger partial charge is 0.347 e. The summed E-state index contributed by atoms with van der Waals surface area (Å²) < 4.78 is 1.71. The van der Waals surface area contributed by atoms with Gasteiger partial charge in [0.2, 0.25) is 0 Å². The van der Waals surface area contributed by atoms with Crippen LogP contribution in [0.4, 0.5) is 4.79 Å². The van der Waals surface area contributed by atoms with Crippen molar-refractivity contribution in [3.05, 3.63) is 34.0 Å². The number of carboxylic acids is 1. The lowest BCUT2D eigenvalue weighted by Crippen LogP contribution is -2.36. The van der Waals surface area contributed by atoms with Gasteiger partial charge >= 0.3 is 12.0 Å². The highest BCUT2D eigenvalue weighted by Gasteiger charge is 2.14. The lowest BCUT2D eigenvalue weighted by atomic mass is 10.4. The molecule has 0 unspecified atom stereocenters. The Labute approximate surface area is 124 Å². The molecule has 0 aliphatic heterocycles. The van der Waals surface area contributed by atoms with Crippen molar-refractivity contribution < 1.29 is 14.7 Å². The highest BCUT2D eigenvalue weighted by atomic mass is 32.1. The average Bonchev–Trinajstić information content (AvgIpc) is 3.06. The van der Waals surface area contributed by atoms with Crippen molar-refractivity contribution in [3.63, 3.8) is 0 Å². The highest BCUT2D eigenvalue weighted by molar-refractivity contribution is 7.13. The fourth-order valence-corrected chi connectivity index (χ4v) is 2.50. The molecule has 0 aliphatic rings. The third kappa shape index (κ3) is 4.28. The van der Waals surface area contributed by atoms with Gasteiger partial charge in [0.05, 0.1) is 18.8 Å². The monoisotopic (exact) mass is 309 g/mol. The number of amides is 2. The second-order valence-electron chi connectivity index (χ2n) is 4.21. The van der Waals surface area contributed by atoms with E-state index in [2.05, 4.69) is 20.7 Å². The maximum atomic E-state index is 11.6. The molecule has 112 valence electrons. The number of aromatic nitrogens is 3. The Bertz CT molecular complexity index is 623. The number of urea groups is 1. The molecule has 2 heterocycles. The largest absolute Gasteiger partial charge is 0.477 e. The molecular weight excluding hydrogens is 294 g/mol. The van der Waals surface area contributed by atoms with E-state index in [1.165, 1.54) is 0 Å². The Balaban J connectivity index is 1.73. The molecule has 0 radical (unpaired) electrons. The van der Waals surface area contributed by atoms with Crippen LogP contribution in [-0.2, 0) is 13.1 Å². The molecule has 0 aliphatic carbocycles. The topological polar surface area (TPSA) is 109 Å². The first kappa shape index (κ1) is 15.0. The molecule has 0 atom stereocenters. The molecule has 0 spiro atoms. The van der Waals surface area contributed by atoms with Crippen LogP contribution in [-0.4, -0.2) is 38.4 Å². The highest BCUT2D eigenvalue weighted by Crippen LogP contribution is 2.17. The lowest BCUT2D eigenvalue weighted by Gasteiger charge is -2.06. The van der Waals surface area contributed by atoms with E-state index in [1.54, 1.807) is 17.8 Å². The van der Waals surface area contributed by atoms with Gasteiger partial charge in [-0.25, -0.2) is 14.6 Å². The van der Waals surface area contributed by atoms with E-state index in [-0.39, 0.29) is 17.5 Å². The minimum absolute atomic E-state index is 0.200. The van der Waals surface area contributed by atoms with Gasteiger partial charge in [0, 0.05) is 18.9 Å². The van der Waals surface area contributed by atoms with Crippen LogP contribution in [0.3, 0.4) is 0 Å². The summed E-state index contributed by atoms with van der Waals surface area (Å²) in [6.07, 6.45) is 3.48. The molecule has 2 aromatic heterocycles. The number of hydrogen-bond acceptors (Lipinski definition) is 5. The van der Waals surface area contributed by atoms with E-state index >= 15 is 0 Å². The number of aryl methyl sites for hydroxylation is 1. The molecule has 8 nitrogen and oxygen atoms in total. The van der Waals surface area contributed by atoms with Crippen molar-refractivity contribution in [2.45, 2.75) is 20.0 Å². The average molecular weight is 309 g/mol. The predicted molar refractivity (Wildman–Crippen MR) is 76.3 cm³/mol. The first-order chi connectivity index (χ1) is 10.1. The van der Waals surface area contributed by atoms with Gasteiger partial charge in [-0.05, 0) is 13.0 Å². The van der Waals surface area contributed by atoms with Crippen LogP contribution < -0.4 is 10.6 Å². The van der Waals surface area contributed by atoms with Crippen LogP contribution in [0.25, 0.3) is 0 Å². The number of hydrogen-bond donors (Lipinski definition) is 3. The molecule has 3 N–H and O–H groups in total. The first-order valence-electron chi connectivity index (χ1n) is 6.25. The van der Waals surface area contributed by atoms with E-state index in [9.17, 15) is 9.59 Å². The molecular formula is C12H15N5O3S. The van der Waals surface area contributed by atoms with Crippen LogP contribution in [0.5, 0.6) is 0 Å². The number of nitrogens with one attached hydrogen (secondary N) is 2. The van der Waals surface area contributed by atoms with Crippen LogP contribution in [0, 0.1) is 6.92 Å². The number of carboxylic acid groups (broad SMARTS) is 1. The fraction of sp³-hybridized carbons (Fsp3) is 0.333. The second kappa shape index (κ2) is 6.84. The van der Waals surface area contributed by atoms with E-state index in [0.29, 0.717) is 23.8 Å². The van der Waals surface area contributed by atoms with Crippen molar-refractivity contribution in [3.8, 4) is 0 Å². The standard InChI is InChI=1S/C12H15N5O3S/c1-8-10(11(18)19)21-9(16-8)7-14-12(20)13-4-6-17-5-2-3-15-17/h2-3,5H,4,6-7H2,1H3,(H,18,19)(H2,13,14,20). The molecule has 0 saturated carbocycles. The Morgan fingerprint density at radius 2 is 2.24 bits per heavy atom. The zero-order chi connectivity index (χ0) is 15.2. The van der Waals surface area contributed by atoms with Crippen molar-refractivity contribution in [1.82, 2.24) is 25.4 Å². The van der Waals surface area contributed by atoms with E-state index in [1.807, 2.05) is 12.3 Å². The zero-order valence-electron chi connectivity index (χ0n) is 11.4. The number of thiazole rings is 1. The van der Waals surface area contributed by atoms with Crippen LogP contribution in [0.1, 0.15) is 20.4 Å². The zero-order valence-corrected chi connectivity index (χ0v) is 12.2. The van der Waals surface area contributed by atoms with Crippen molar-refractivity contribution in [2.75, 3.05) is 6.54 Å². The second-order valence-corrected chi connectivity index (χ2v) is 5.29. The molecule has 0 aromatic carbocycles. The van der Waals surface area contributed by atoms with Gasteiger partial charge in [-0.2, -0.15) is 5.10 Å². The Kier molecular flexibility index (Phi) is 4.88. The first-order valence-corrected chi connectivity index (χ1v) is 7.06. The lowest BCUT2D eigenvalue weighted by molar-refractivity contribution is 0.0701. The van der Waals surface area contributed by atoms with Gasteiger partial charge in [0.15, 0.2) is 0 Å². The fourth-order valence-electron chi connectivity index (χ4n) is 1.66. The summed E-state index contributed by atoms with van der Waals surface area (Å²) in [6, 6.07) is 1.48. The normalized spacial score (nSPS) is 10.3. The quantitative estimate of drug-likeness (QED) is 0.733. The summed E-state index contributed by atoms with van der Waals surface area (Å²) in [6.45, 7) is 2.87. The molecule has 0 saturated heterocycles. The number of nitrogens with zero attached hydrogens (tertiary/aromatic N) is 3. The van der Waals surface area contributed by atoms with Gasteiger partial charge in [0.1, 0.15) is 9.88 Å². The molecule has 2 rings (SSSR count). The van der Waals surface area contributed by atoms with Gasteiger partial charge in [0.25, 0.3) is 0 Å². The molecule has 9 heteroatoms. The van der Waals surface area contributed by atoms with E-state index < -0.39 is 5.97 Å². The van der Waals surface area contributed by atoms with Gasteiger partial charge < -0.3 is 15.7 Å². The third-order valence-electron chi connectivity index (χ3n) is 2.62. The van der Waals surface area contributed by atoms with Gasteiger partial charge in [-0.1, -0.05) is 0 Å². The minimum Gasteiger partial charge on any atom is -0.477 e. The number of aromatic carboxylic acids is 1. The summed E-state index contributed by atoms with van der Waals surface area (Å²) in [5.74, 6) is -1.00. The van der Waals surface area contributed by atoms with Crippen LogP contribution >= 0.6 is 11.3 Å². The van der Waals surface area contributed by atoms with Crippen LogP contribution in [0.2, 0.25) is 0 Å². The molecule has 0 fully saturated rings. The number of rotatable bonds is 6. The van der Waals surface area contributed by atoms with E-state index in [4.69, 9.17) is 5.11 Å². The SMILES string of the molecule is Cc1nc(CNC(=O)NCCn2cccn2)sc1C(=O)O. The minimum atomic E-state index is -1.00. The summed E-state index contributed by atoms with van der Waals surface area (Å²) >= 11 is 1.06. The van der Waals surface area contributed by atoms with Crippen molar-refractivity contribution >= 4 is 23.3 Å². The van der Waals surface area contributed by atoms with E-state index in [0.717, 1.165) is 11.3 Å². The summed E-state index contributed by atoms with van der Waals surface area (Å²) in [5.41, 5.74) is 0.461. The molecule has 2 aromatic rings. The summed E-state index contributed by atoms with van der Waals surface area (Å²) in [4.78, 5) is 26.8. The summed E-state index contributed by atoms with van der Waals surface area (Å²) in [5, 5.41) is 18.8. The Morgan fingerprint density at radius 3 is 2.86 bits per heavy atom. The number of carbonyl (C=O) groups is 2. The van der Waals surface area contributed by atoms with Gasteiger partial charge in [-0.15, -0.1) is 11.3 Å². The molecule has 21 heavy (non-hydrogen) atoms. The maximum Gasteiger partial charge on any atom is 0.347 e. The Hall–Kier alpha value is -2.42. The Morgan fingerprint density at radius 1 is 1.43 bits per heavy atom. The van der Waals surface area contributed by atoms with Crippen molar-refractivity contribution in [2.24, 2.45) is 0 Å². The van der Waals surface area contributed by atoms with Crippen LogP contribution in [0.15, 0.2) is 18.5 Å². The number of carbonyl (C=O) groups excluding carboxylic acids is 1. The maximum absolute atomic E-state index is 11.6. The van der Waals surface area contributed by atoms with Crippen molar-refractivity contribution in [1.29, 1.82) is 0 Å². The third-order valence-corrected chi connectivity index (χ3v) is 3.77. The summed E-state index contributed by atoms with van der Waals surface area (Å²) in [7, 11) is 0. The molecule has 2 amide bonds. The molecule has 0 bridgehead atoms. The predicted octanol–water partition coefficient (Wildman–Crippen LogP) is 0.846. The van der Waals surface area contributed by atoms with Gasteiger partial charge in [-0.3, -0.25) is 4.68 Å².